The van der Waals surface area contributed by atoms with Gasteiger partial charge in [0.2, 0.25) is 5.91 Å². The molecule has 0 saturated carbocycles. The molecule has 1 N–H and O–H groups in total. The molecule has 4 nitrogen and oxygen atoms in total. The molecule has 130 valence electrons. The zero-order chi connectivity index (χ0) is 17.1. The smallest absolute Gasteiger partial charge is 0.222 e. The van der Waals surface area contributed by atoms with Gasteiger partial charge in [-0.3, -0.25) is 4.79 Å². The van der Waals surface area contributed by atoms with Crippen LogP contribution in [0.4, 0.5) is 4.39 Å². The van der Waals surface area contributed by atoms with Crippen molar-refractivity contribution in [2.24, 2.45) is 5.92 Å². The van der Waals surface area contributed by atoms with Gasteiger partial charge in [0.15, 0.2) is 0 Å². The van der Waals surface area contributed by atoms with E-state index in [0.29, 0.717) is 18.2 Å². The Morgan fingerprint density at radius 3 is 2.65 bits per heavy atom. The van der Waals surface area contributed by atoms with Crippen LogP contribution in [0.3, 0.4) is 0 Å². The summed E-state index contributed by atoms with van der Waals surface area (Å²) in [5.41, 5.74) is 0.733. The van der Waals surface area contributed by atoms with E-state index in [1.807, 2.05) is 4.90 Å². The van der Waals surface area contributed by atoms with Crippen molar-refractivity contribution in [1.29, 1.82) is 0 Å². The predicted molar refractivity (Wildman–Crippen MR) is 88.4 cm³/mol. The maximum atomic E-state index is 12.1. The van der Waals surface area contributed by atoms with Gasteiger partial charge in [0, 0.05) is 26.6 Å². The zero-order valence-electron chi connectivity index (χ0n) is 14.1. The van der Waals surface area contributed by atoms with Gasteiger partial charge in [-0.1, -0.05) is 19.1 Å². The van der Waals surface area contributed by atoms with Gasteiger partial charge in [-0.15, -0.1) is 0 Å². The second-order valence-electron chi connectivity index (χ2n) is 5.84. The highest BCUT2D eigenvalue weighted by Crippen LogP contribution is 2.17. The Hall–Kier alpha value is -1.46. The number of piperidine rings is 1. The number of carbonyl (C=O) groups is 1. The van der Waals surface area contributed by atoms with Crippen molar-refractivity contribution in [3.8, 4) is 0 Å². The quantitative estimate of drug-likeness (QED) is 0.905. The number of rotatable bonds is 5. The number of halogens is 1. The molecular weight excluding hydrogens is 297 g/mol. The number of ether oxygens (including phenoxy) is 1. The maximum Gasteiger partial charge on any atom is 0.222 e. The van der Waals surface area contributed by atoms with Crippen LogP contribution in [0.5, 0.6) is 0 Å². The first-order valence-electron chi connectivity index (χ1n) is 8.22. The number of benzene rings is 1. The molecule has 0 aliphatic carbocycles. The lowest BCUT2D eigenvalue weighted by Crippen LogP contribution is -2.40. The van der Waals surface area contributed by atoms with Gasteiger partial charge in [0.25, 0.3) is 0 Å². The van der Waals surface area contributed by atoms with E-state index in [-0.39, 0.29) is 12.4 Å². The molecule has 0 aromatic heterocycles. The molecule has 1 amide bonds. The summed E-state index contributed by atoms with van der Waals surface area (Å²) in [5, 5.41) is 8.51. The highest BCUT2D eigenvalue weighted by molar-refractivity contribution is 5.76. The minimum atomic E-state index is -0.271. The van der Waals surface area contributed by atoms with Gasteiger partial charge < -0.3 is 14.7 Å². The molecule has 1 aliphatic rings. The fourth-order valence-electron chi connectivity index (χ4n) is 2.63. The SMILES string of the molecule is CCCC(=O)N1CCCC(COC)C1.OCc1ccc(F)cc1. The number of amides is 1. The molecule has 0 spiro atoms. The average Bonchev–Trinajstić information content (AvgIpc) is 2.57. The van der Waals surface area contributed by atoms with Gasteiger partial charge in [0.05, 0.1) is 13.2 Å². The lowest BCUT2D eigenvalue weighted by Gasteiger charge is -2.32. The molecule has 2 rings (SSSR count). The molecule has 1 aliphatic heterocycles. The first-order chi connectivity index (χ1) is 11.1. The van der Waals surface area contributed by atoms with Crippen LogP contribution in [0.15, 0.2) is 24.3 Å². The molecule has 0 bridgehead atoms. The average molecular weight is 325 g/mol. The normalized spacial score (nSPS) is 17.4. The van der Waals surface area contributed by atoms with E-state index < -0.39 is 0 Å². The molecule has 1 unspecified atom stereocenters. The maximum absolute atomic E-state index is 12.1. The minimum Gasteiger partial charge on any atom is -0.392 e. The molecule has 1 saturated heterocycles. The fraction of sp³-hybridized carbons (Fsp3) is 0.611. The third kappa shape index (κ3) is 7.57. The lowest BCUT2D eigenvalue weighted by molar-refractivity contribution is -0.133. The van der Waals surface area contributed by atoms with Crippen LogP contribution in [0.1, 0.15) is 38.2 Å². The number of hydrogen-bond donors (Lipinski definition) is 1. The summed E-state index contributed by atoms with van der Waals surface area (Å²) in [7, 11) is 1.73. The number of methoxy groups -OCH3 is 1. The second-order valence-corrected chi connectivity index (χ2v) is 5.84. The van der Waals surface area contributed by atoms with Crippen LogP contribution in [-0.2, 0) is 16.1 Å². The van der Waals surface area contributed by atoms with Crippen molar-refractivity contribution in [2.75, 3.05) is 26.8 Å². The number of hydrogen-bond acceptors (Lipinski definition) is 3. The van der Waals surface area contributed by atoms with Crippen molar-refractivity contribution in [3.63, 3.8) is 0 Å². The minimum absolute atomic E-state index is 0.0275. The fourth-order valence-corrected chi connectivity index (χ4v) is 2.63. The summed E-state index contributed by atoms with van der Waals surface area (Å²) in [6.07, 6.45) is 3.97. The summed E-state index contributed by atoms with van der Waals surface area (Å²) in [6.45, 7) is 4.65. The molecule has 23 heavy (non-hydrogen) atoms. The molecular formula is C18H28FNO3. The standard InChI is InChI=1S/C11H21NO2.C7H7FO/c1-3-5-11(13)12-7-4-6-10(8-12)9-14-2;8-7-3-1-6(5-9)2-4-7/h10H,3-9H2,1-2H3;1-4,9H,5H2. The van der Waals surface area contributed by atoms with Gasteiger partial charge in [-0.05, 0) is 42.9 Å². The monoisotopic (exact) mass is 325 g/mol. The molecule has 1 fully saturated rings. The number of aliphatic hydroxyl groups is 1. The van der Waals surface area contributed by atoms with E-state index in [0.717, 1.165) is 38.1 Å². The van der Waals surface area contributed by atoms with Crippen LogP contribution in [0.25, 0.3) is 0 Å². The van der Waals surface area contributed by atoms with Crippen LogP contribution in [0, 0.1) is 11.7 Å². The number of carbonyl (C=O) groups excluding carboxylic acids is 1. The van der Waals surface area contributed by atoms with Gasteiger partial charge in [-0.25, -0.2) is 4.39 Å². The number of nitrogens with zero attached hydrogens (tertiary/aromatic N) is 1. The molecule has 5 heteroatoms. The molecule has 1 atom stereocenters. The molecule has 0 radical (unpaired) electrons. The largest absolute Gasteiger partial charge is 0.392 e. The number of likely N-dealkylation sites (tertiary alicyclic amines) is 1. The van der Waals surface area contributed by atoms with Crippen LogP contribution >= 0.6 is 0 Å². The molecule has 1 aromatic carbocycles. The summed E-state index contributed by atoms with van der Waals surface area (Å²) >= 11 is 0. The Morgan fingerprint density at radius 1 is 1.39 bits per heavy atom. The highest BCUT2D eigenvalue weighted by Gasteiger charge is 2.22. The van der Waals surface area contributed by atoms with Crippen molar-refractivity contribution in [1.82, 2.24) is 4.90 Å². The van der Waals surface area contributed by atoms with E-state index >= 15 is 0 Å². The van der Waals surface area contributed by atoms with Crippen molar-refractivity contribution in [3.05, 3.63) is 35.6 Å². The summed E-state index contributed by atoms with van der Waals surface area (Å²) in [5.74, 6) is 0.593. The van der Waals surface area contributed by atoms with Crippen LogP contribution < -0.4 is 0 Å². The van der Waals surface area contributed by atoms with Crippen LogP contribution in [0.2, 0.25) is 0 Å². The summed E-state index contributed by atoms with van der Waals surface area (Å²) in [6, 6.07) is 5.75. The van der Waals surface area contributed by atoms with Crippen LogP contribution in [-0.4, -0.2) is 42.7 Å². The van der Waals surface area contributed by atoms with E-state index in [2.05, 4.69) is 6.92 Å². The summed E-state index contributed by atoms with van der Waals surface area (Å²) in [4.78, 5) is 13.6. The Morgan fingerprint density at radius 2 is 2.09 bits per heavy atom. The predicted octanol–water partition coefficient (Wildman–Crippen LogP) is 2.99. The lowest BCUT2D eigenvalue weighted by atomic mass is 9.98. The van der Waals surface area contributed by atoms with Crippen molar-refractivity contribution in [2.45, 2.75) is 39.2 Å². The summed E-state index contributed by atoms with van der Waals surface area (Å²) < 4.78 is 17.3. The second kappa shape index (κ2) is 11.1. The topological polar surface area (TPSA) is 49.8 Å². The van der Waals surface area contributed by atoms with Gasteiger partial charge >= 0.3 is 0 Å². The van der Waals surface area contributed by atoms with Crippen molar-refractivity contribution >= 4 is 5.91 Å². The highest BCUT2D eigenvalue weighted by atomic mass is 19.1. The van der Waals surface area contributed by atoms with Gasteiger partial charge in [-0.2, -0.15) is 0 Å². The molecule has 1 heterocycles. The van der Waals surface area contributed by atoms with E-state index in [1.54, 1.807) is 19.2 Å². The Balaban J connectivity index is 0.000000253. The van der Waals surface area contributed by atoms with Gasteiger partial charge in [0.1, 0.15) is 5.82 Å². The number of aliphatic hydroxyl groups excluding tert-OH is 1. The van der Waals surface area contributed by atoms with Crippen molar-refractivity contribution < 1.29 is 19.0 Å². The zero-order valence-corrected chi connectivity index (χ0v) is 14.1. The third-order valence-corrected chi connectivity index (χ3v) is 3.83. The van der Waals surface area contributed by atoms with E-state index in [1.165, 1.54) is 18.6 Å². The first kappa shape index (κ1) is 19.6. The third-order valence-electron chi connectivity index (χ3n) is 3.83. The van der Waals surface area contributed by atoms with E-state index in [9.17, 15) is 9.18 Å². The Kier molecular flexibility index (Phi) is 9.48. The molecule has 1 aromatic rings. The Bertz CT molecular complexity index is 448. The first-order valence-corrected chi connectivity index (χ1v) is 8.22. The van der Waals surface area contributed by atoms with E-state index in [4.69, 9.17) is 9.84 Å². The Labute approximate surface area is 138 Å².